The molecule has 1 aromatic rings. The van der Waals surface area contributed by atoms with Crippen molar-refractivity contribution in [1.82, 2.24) is 9.80 Å². The van der Waals surface area contributed by atoms with Gasteiger partial charge in [0, 0.05) is 32.6 Å². The van der Waals surface area contributed by atoms with Crippen LogP contribution in [0.25, 0.3) is 0 Å². The molecule has 2 amide bonds. The maximum absolute atomic E-state index is 13.0. The summed E-state index contributed by atoms with van der Waals surface area (Å²) in [6.07, 6.45) is 2.03. The molecule has 5 nitrogen and oxygen atoms in total. The molecular formula is C20H30ClN3O2. The fraction of sp³-hybridized carbons (Fsp3) is 0.600. The Bertz CT molecular complexity index is 677. The van der Waals surface area contributed by atoms with E-state index in [1.54, 1.807) is 6.92 Å². The molecule has 0 bridgehead atoms. The number of benzene rings is 1. The van der Waals surface area contributed by atoms with E-state index in [-0.39, 0.29) is 41.7 Å². The zero-order valence-corrected chi connectivity index (χ0v) is 16.7. The summed E-state index contributed by atoms with van der Waals surface area (Å²) < 4.78 is 0. The van der Waals surface area contributed by atoms with E-state index in [9.17, 15) is 9.59 Å². The van der Waals surface area contributed by atoms with E-state index in [1.807, 2.05) is 21.9 Å². The maximum atomic E-state index is 13.0. The molecule has 1 fully saturated rings. The van der Waals surface area contributed by atoms with Crippen LogP contribution in [0, 0.1) is 5.41 Å². The molecule has 144 valence electrons. The predicted molar refractivity (Wildman–Crippen MR) is 105 cm³/mol. The van der Waals surface area contributed by atoms with Gasteiger partial charge in [-0.1, -0.05) is 38.1 Å². The molecule has 3 rings (SSSR count). The van der Waals surface area contributed by atoms with Crippen molar-refractivity contribution in [3.63, 3.8) is 0 Å². The highest BCUT2D eigenvalue weighted by atomic mass is 35.5. The molecule has 2 atom stereocenters. The summed E-state index contributed by atoms with van der Waals surface area (Å²) in [6.45, 7) is 7.90. The second kappa shape index (κ2) is 7.97. The molecule has 2 unspecified atom stereocenters. The van der Waals surface area contributed by atoms with Crippen molar-refractivity contribution in [2.45, 2.75) is 52.1 Å². The first-order valence-corrected chi connectivity index (χ1v) is 9.18. The molecule has 26 heavy (non-hydrogen) atoms. The van der Waals surface area contributed by atoms with Gasteiger partial charge in [-0.25, -0.2) is 0 Å². The number of fused-ring (bicyclic) bond motifs is 1. The highest BCUT2D eigenvalue weighted by Gasteiger charge is 2.37. The van der Waals surface area contributed by atoms with Crippen molar-refractivity contribution in [2.24, 2.45) is 11.1 Å². The normalized spacial score (nSPS) is 24.5. The molecule has 0 saturated carbocycles. The summed E-state index contributed by atoms with van der Waals surface area (Å²) in [7, 11) is 0. The van der Waals surface area contributed by atoms with Crippen LogP contribution in [0.15, 0.2) is 24.3 Å². The van der Waals surface area contributed by atoms with Gasteiger partial charge in [0.25, 0.3) is 0 Å². The van der Waals surface area contributed by atoms with Gasteiger partial charge in [0.15, 0.2) is 0 Å². The van der Waals surface area contributed by atoms with Crippen molar-refractivity contribution < 1.29 is 9.59 Å². The third-order valence-electron chi connectivity index (χ3n) is 5.85. The Morgan fingerprint density at radius 2 is 1.92 bits per heavy atom. The molecule has 2 heterocycles. The summed E-state index contributed by atoms with van der Waals surface area (Å²) in [4.78, 5) is 28.9. The van der Waals surface area contributed by atoms with E-state index in [0.717, 1.165) is 18.4 Å². The van der Waals surface area contributed by atoms with Gasteiger partial charge >= 0.3 is 0 Å². The van der Waals surface area contributed by atoms with Gasteiger partial charge in [-0.15, -0.1) is 12.4 Å². The van der Waals surface area contributed by atoms with Crippen LogP contribution >= 0.6 is 12.4 Å². The van der Waals surface area contributed by atoms with Gasteiger partial charge < -0.3 is 15.5 Å². The Balaban J connectivity index is 0.00000243. The van der Waals surface area contributed by atoms with E-state index in [1.165, 1.54) is 5.56 Å². The Hall–Kier alpha value is -1.59. The minimum absolute atomic E-state index is 0. The van der Waals surface area contributed by atoms with Crippen LogP contribution in [-0.2, 0) is 16.0 Å². The minimum atomic E-state index is -0.159. The Labute approximate surface area is 162 Å². The van der Waals surface area contributed by atoms with Gasteiger partial charge in [0.2, 0.25) is 11.8 Å². The molecule has 1 aromatic carbocycles. The number of nitrogens with two attached hydrogens (primary N) is 1. The van der Waals surface area contributed by atoms with E-state index < -0.39 is 0 Å². The number of rotatable bonds is 2. The monoisotopic (exact) mass is 379 g/mol. The molecule has 2 aliphatic rings. The summed E-state index contributed by atoms with van der Waals surface area (Å²) in [5.41, 5.74) is 8.49. The molecule has 2 N–H and O–H groups in total. The average molecular weight is 380 g/mol. The van der Waals surface area contributed by atoms with Gasteiger partial charge in [-0.3, -0.25) is 9.59 Å². The number of likely N-dealkylation sites (tertiary alicyclic amines) is 1. The topological polar surface area (TPSA) is 66.6 Å². The molecule has 6 heteroatoms. The van der Waals surface area contributed by atoms with Crippen LogP contribution < -0.4 is 5.73 Å². The smallest absolute Gasteiger partial charge is 0.225 e. The van der Waals surface area contributed by atoms with Crippen molar-refractivity contribution in [2.75, 3.05) is 19.6 Å². The molecule has 0 spiro atoms. The van der Waals surface area contributed by atoms with E-state index in [4.69, 9.17) is 5.73 Å². The molecule has 2 aliphatic heterocycles. The standard InChI is InChI=1S/C20H29N3O2.ClH/c1-14(24)23-11-8-15-6-4-5-7-16(15)17(23)12-19(25)22-10-9-18(21)20(2,3)13-22;/h4-7,17-18H,8-13,21H2,1-3H3;1H. The summed E-state index contributed by atoms with van der Waals surface area (Å²) in [5, 5.41) is 0. The van der Waals surface area contributed by atoms with E-state index >= 15 is 0 Å². The zero-order valence-electron chi connectivity index (χ0n) is 15.9. The van der Waals surface area contributed by atoms with Crippen molar-refractivity contribution in [1.29, 1.82) is 0 Å². The van der Waals surface area contributed by atoms with Gasteiger partial charge in [-0.05, 0) is 29.4 Å². The third-order valence-corrected chi connectivity index (χ3v) is 5.85. The van der Waals surface area contributed by atoms with Crippen LogP contribution in [0.3, 0.4) is 0 Å². The molecule has 0 radical (unpaired) electrons. The number of hydrogen-bond donors (Lipinski definition) is 1. The van der Waals surface area contributed by atoms with Gasteiger partial charge in [0.1, 0.15) is 0 Å². The van der Waals surface area contributed by atoms with Crippen LogP contribution in [0.1, 0.15) is 50.8 Å². The summed E-state index contributed by atoms with van der Waals surface area (Å²) >= 11 is 0. The molecule has 1 saturated heterocycles. The second-order valence-electron chi connectivity index (χ2n) is 8.08. The Kier molecular flexibility index (Phi) is 6.35. The predicted octanol–water partition coefficient (Wildman–Crippen LogP) is 2.53. The number of halogens is 1. The number of carbonyl (C=O) groups excluding carboxylic acids is 2. The lowest BCUT2D eigenvalue weighted by molar-refractivity contribution is -0.138. The highest BCUT2D eigenvalue weighted by molar-refractivity contribution is 5.85. The fourth-order valence-corrected chi connectivity index (χ4v) is 4.13. The van der Waals surface area contributed by atoms with Crippen molar-refractivity contribution in [3.05, 3.63) is 35.4 Å². The van der Waals surface area contributed by atoms with Crippen LogP contribution in [0.5, 0.6) is 0 Å². The average Bonchev–Trinajstić information content (AvgIpc) is 2.57. The number of piperidine rings is 1. The Morgan fingerprint density at radius 3 is 2.58 bits per heavy atom. The molecular weight excluding hydrogens is 350 g/mol. The first kappa shape index (κ1) is 20.7. The fourth-order valence-electron chi connectivity index (χ4n) is 4.13. The largest absolute Gasteiger partial charge is 0.342 e. The summed E-state index contributed by atoms with van der Waals surface area (Å²) in [6, 6.07) is 8.14. The Morgan fingerprint density at radius 1 is 1.23 bits per heavy atom. The number of nitrogens with zero attached hydrogens (tertiary/aromatic N) is 2. The lowest BCUT2D eigenvalue weighted by Crippen LogP contribution is -2.54. The van der Waals surface area contributed by atoms with E-state index in [2.05, 4.69) is 26.0 Å². The van der Waals surface area contributed by atoms with Crippen LogP contribution in [0.4, 0.5) is 0 Å². The quantitative estimate of drug-likeness (QED) is 0.858. The highest BCUT2D eigenvalue weighted by Crippen LogP contribution is 2.34. The van der Waals surface area contributed by atoms with E-state index in [0.29, 0.717) is 26.1 Å². The third kappa shape index (κ3) is 4.04. The number of amides is 2. The van der Waals surface area contributed by atoms with Gasteiger partial charge in [-0.2, -0.15) is 0 Å². The van der Waals surface area contributed by atoms with Crippen LogP contribution in [-0.4, -0.2) is 47.3 Å². The van der Waals surface area contributed by atoms with Gasteiger partial charge in [0.05, 0.1) is 12.5 Å². The summed E-state index contributed by atoms with van der Waals surface area (Å²) in [5.74, 6) is 0.154. The first-order chi connectivity index (χ1) is 11.8. The SMILES string of the molecule is CC(=O)N1CCc2ccccc2C1CC(=O)N1CCC(N)C(C)(C)C1.Cl. The van der Waals surface area contributed by atoms with Crippen molar-refractivity contribution in [3.8, 4) is 0 Å². The number of carbonyl (C=O) groups is 2. The minimum Gasteiger partial charge on any atom is -0.342 e. The zero-order chi connectivity index (χ0) is 18.2. The lowest BCUT2D eigenvalue weighted by Gasteiger charge is -2.44. The van der Waals surface area contributed by atoms with Crippen molar-refractivity contribution >= 4 is 24.2 Å². The molecule has 0 aromatic heterocycles. The second-order valence-corrected chi connectivity index (χ2v) is 8.08. The van der Waals surface area contributed by atoms with Crippen LogP contribution in [0.2, 0.25) is 0 Å². The lowest BCUT2D eigenvalue weighted by atomic mass is 9.79. The first-order valence-electron chi connectivity index (χ1n) is 9.18. The molecule has 0 aliphatic carbocycles. The number of hydrogen-bond acceptors (Lipinski definition) is 3. The maximum Gasteiger partial charge on any atom is 0.225 e.